The minimum Gasteiger partial charge on any atom is -0.352 e. The first-order chi connectivity index (χ1) is 8.75. The van der Waals surface area contributed by atoms with E-state index in [-0.39, 0.29) is 5.91 Å². The maximum atomic E-state index is 11.8. The zero-order chi connectivity index (χ0) is 12.8. The second kappa shape index (κ2) is 5.91. The molecule has 4 heteroatoms. The van der Waals surface area contributed by atoms with Crippen LogP contribution in [0.3, 0.4) is 0 Å². The second-order valence-electron chi connectivity index (χ2n) is 4.12. The Morgan fingerprint density at radius 1 is 1.17 bits per heavy atom. The quantitative estimate of drug-likeness (QED) is 0.887. The van der Waals surface area contributed by atoms with Crippen LogP contribution in [0.15, 0.2) is 43.0 Å². The predicted octanol–water partition coefficient (Wildman–Crippen LogP) is 1.76. The number of carbonyl (C=O) groups is 1. The van der Waals surface area contributed by atoms with Gasteiger partial charge in [0.25, 0.3) is 5.91 Å². The Kier molecular flexibility index (Phi) is 4.02. The Morgan fingerprint density at radius 3 is 2.50 bits per heavy atom. The molecule has 1 heterocycles. The molecule has 0 saturated carbocycles. The van der Waals surface area contributed by atoms with Gasteiger partial charge in [-0.2, -0.15) is 0 Å². The molecular weight excluding hydrogens is 226 g/mol. The summed E-state index contributed by atoms with van der Waals surface area (Å²) in [4.78, 5) is 19.7. The normalized spacial score (nSPS) is 10.1. The number of benzene rings is 1. The van der Waals surface area contributed by atoms with Gasteiger partial charge in [0.15, 0.2) is 0 Å². The average molecular weight is 241 g/mol. The summed E-state index contributed by atoms with van der Waals surface area (Å²) in [5.74, 6) is -0.0492. The summed E-state index contributed by atoms with van der Waals surface area (Å²) in [5, 5.41) is 2.87. The van der Waals surface area contributed by atoms with Crippen LogP contribution in [0.25, 0.3) is 0 Å². The largest absolute Gasteiger partial charge is 0.352 e. The van der Waals surface area contributed by atoms with Crippen molar-refractivity contribution in [1.82, 2.24) is 15.3 Å². The van der Waals surface area contributed by atoms with Gasteiger partial charge in [0.1, 0.15) is 6.33 Å². The Morgan fingerprint density at radius 2 is 1.83 bits per heavy atom. The summed E-state index contributed by atoms with van der Waals surface area (Å²) in [5.41, 5.74) is 2.85. The summed E-state index contributed by atoms with van der Waals surface area (Å²) in [6.07, 6.45) is 5.74. The Balaban J connectivity index is 1.84. The lowest BCUT2D eigenvalue weighted by Gasteiger charge is -2.05. The SMILES string of the molecule is Cc1ccc(C(=O)NCCc2cncnc2)cc1. The molecule has 0 atom stereocenters. The molecule has 2 aromatic rings. The highest BCUT2D eigenvalue weighted by atomic mass is 16.1. The smallest absolute Gasteiger partial charge is 0.251 e. The lowest BCUT2D eigenvalue weighted by atomic mass is 10.1. The lowest BCUT2D eigenvalue weighted by molar-refractivity contribution is 0.0954. The second-order valence-corrected chi connectivity index (χ2v) is 4.12. The van der Waals surface area contributed by atoms with E-state index in [2.05, 4.69) is 15.3 Å². The molecule has 0 bridgehead atoms. The standard InChI is InChI=1S/C14H15N3O/c1-11-2-4-13(5-3-11)14(18)17-7-6-12-8-15-10-16-9-12/h2-5,8-10H,6-7H2,1H3,(H,17,18). The van der Waals surface area contributed by atoms with Gasteiger partial charge in [0.2, 0.25) is 0 Å². The summed E-state index contributed by atoms with van der Waals surface area (Å²) in [6, 6.07) is 7.52. The van der Waals surface area contributed by atoms with Crippen molar-refractivity contribution in [3.63, 3.8) is 0 Å². The summed E-state index contributed by atoms with van der Waals surface area (Å²) < 4.78 is 0. The number of aryl methyl sites for hydroxylation is 1. The molecule has 0 saturated heterocycles. The first-order valence-electron chi connectivity index (χ1n) is 5.84. The van der Waals surface area contributed by atoms with Crippen molar-refractivity contribution in [2.75, 3.05) is 6.54 Å². The van der Waals surface area contributed by atoms with Crippen LogP contribution in [0.4, 0.5) is 0 Å². The highest BCUT2D eigenvalue weighted by Gasteiger charge is 2.03. The number of amides is 1. The van der Waals surface area contributed by atoms with E-state index in [9.17, 15) is 4.79 Å². The fourth-order valence-corrected chi connectivity index (χ4v) is 1.59. The molecule has 2 rings (SSSR count). The third-order valence-electron chi connectivity index (χ3n) is 2.63. The van der Waals surface area contributed by atoms with Gasteiger partial charge in [-0.3, -0.25) is 4.79 Å². The van der Waals surface area contributed by atoms with Crippen LogP contribution >= 0.6 is 0 Å². The van der Waals surface area contributed by atoms with Crippen LogP contribution in [0.2, 0.25) is 0 Å². The highest BCUT2D eigenvalue weighted by Crippen LogP contribution is 2.02. The monoisotopic (exact) mass is 241 g/mol. The summed E-state index contributed by atoms with van der Waals surface area (Å²) in [7, 11) is 0. The molecule has 1 amide bonds. The van der Waals surface area contributed by atoms with E-state index >= 15 is 0 Å². The molecule has 1 aromatic heterocycles. The van der Waals surface area contributed by atoms with Gasteiger partial charge in [-0.25, -0.2) is 9.97 Å². The maximum Gasteiger partial charge on any atom is 0.251 e. The molecule has 0 spiro atoms. The molecule has 4 nitrogen and oxygen atoms in total. The predicted molar refractivity (Wildman–Crippen MR) is 69.2 cm³/mol. The first kappa shape index (κ1) is 12.2. The summed E-state index contributed by atoms with van der Waals surface area (Å²) in [6.45, 7) is 2.58. The van der Waals surface area contributed by atoms with Crippen molar-refractivity contribution in [2.24, 2.45) is 0 Å². The van der Waals surface area contributed by atoms with Gasteiger partial charge < -0.3 is 5.32 Å². The van der Waals surface area contributed by atoms with Crippen molar-refractivity contribution >= 4 is 5.91 Å². The van der Waals surface area contributed by atoms with E-state index in [1.165, 1.54) is 6.33 Å². The fraction of sp³-hybridized carbons (Fsp3) is 0.214. The van der Waals surface area contributed by atoms with Gasteiger partial charge >= 0.3 is 0 Å². The van der Waals surface area contributed by atoms with Crippen molar-refractivity contribution in [3.8, 4) is 0 Å². The molecule has 1 aromatic carbocycles. The first-order valence-corrected chi connectivity index (χ1v) is 5.84. The van der Waals surface area contributed by atoms with Crippen LogP contribution in [0.5, 0.6) is 0 Å². The van der Waals surface area contributed by atoms with Gasteiger partial charge in [0.05, 0.1) is 0 Å². The molecule has 0 aliphatic heterocycles. The van der Waals surface area contributed by atoms with Crippen molar-refractivity contribution in [3.05, 3.63) is 59.7 Å². The number of nitrogens with zero attached hydrogens (tertiary/aromatic N) is 2. The number of rotatable bonds is 4. The Hall–Kier alpha value is -2.23. The third kappa shape index (κ3) is 3.38. The Labute approximate surface area is 106 Å². The minimum absolute atomic E-state index is 0.0492. The molecule has 0 radical (unpaired) electrons. The number of carbonyl (C=O) groups excluding carboxylic acids is 1. The number of nitrogens with one attached hydrogen (secondary N) is 1. The van der Waals surface area contributed by atoms with Crippen molar-refractivity contribution in [1.29, 1.82) is 0 Å². The molecule has 0 fully saturated rings. The molecule has 18 heavy (non-hydrogen) atoms. The zero-order valence-corrected chi connectivity index (χ0v) is 10.3. The summed E-state index contributed by atoms with van der Waals surface area (Å²) >= 11 is 0. The van der Waals surface area contributed by atoms with Crippen LogP contribution in [-0.2, 0) is 6.42 Å². The zero-order valence-electron chi connectivity index (χ0n) is 10.3. The highest BCUT2D eigenvalue weighted by molar-refractivity contribution is 5.94. The average Bonchev–Trinajstić information content (AvgIpc) is 2.40. The van der Waals surface area contributed by atoms with Crippen molar-refractivity contribution in [2.45, 2.75) is 13.3 Å². The molecule has 0 aliphatic rings. The van der Waals surface area contributed by atoms with E-state index in [1.54, 1.807) is 12.4 Å². The lowest BCUT2D eigenvalue weighted by Crippen LogP contribution is -2.25. The van der Waals surface area contributed by atoms with Gasteiger partial charge in [-0.15, -0.1) is 0 Å². The van der Waals surface area contributed by atoms with Crippen LogP contribution < -0.4 is 5.32 Å². The van der Waals surface area contributed by atoms with E-state index in [1.807, 2.05) is 31.2 Å². The fourth-order valence-electron chi connectivity index (χ4n) is 1.59. The number of aromatic nitrogens is 2. The van der Waals surface area contributed by atoms with Crippen molar-refractivity contribution < 1.29 is 4.79 Å². The molecule has 92 valence electrons. The molecular formula is C14H15N3O. The van der Waals surface area contributed by atoms with Gasteiger partial charge in [-0.05, 0) is 31.0 Å². The van der Waals surface area contributed by atoms with E-state index in [0.29, 0.717) is 12.1 Å². The van der Waals surface area contributed by atoms with E-state index < -0.39 is 0 Å². The van der Waals surface area contributed by atoms with Crippen LogP contribution in [-0.4, -0.2) is 22.4 Å². The Bertz CT molecular complexity index is 508. The number of hydrogen-bond acceptors (Lipinski definition) is 3. The maximum absolute atomic E-state index is 11.8. The molecule has 0 aliphatic carbocycles. The van der Waals surface area contributed by atoms with Gasteiger partial charge in [0, 0.05) is 24.5 Å². The molecule has 1 N–H and O–H groups in total. The van der Waals surface area contributed by atoms with Gasteiger partial charge in [-0.1, -0.05) is 17.7 Å². The molecule has 0 unspecified atom stereocenters. The topological polar surface area (TPSA) is 54.9 Å². The minimum atomic E-state index is -0.0492. The van der Waals surface area contributed by atoms with E-state index in [0.717, 1.165) is 17.5 Å². The van der Waals surface area contributed by atoms with E-state index in [4.69, 9.17) is 0 Å². The van der Waals surface area contributed by atoms with Crippen LogP contribution in [0.1, 0.15) is 21.5 Å². The number of hydrogen-bond donors (Lipinski definition) is 1. The van der Waals surface area contributed by atoms with Crippen LogP contribution in [0, 0.1) is 6.92 Å². The third-order valence-corrected chi connectivity index (χ3v) is 2.63.